The lowest BCUT2D eigenvalue weighted by atomic mass is 9.53. The van der Waals surface area contributed by atoms with Crippen LogP contribution in [0.25, 0.3) is 5.76 Å². The Balaban J connectivity index is 0.000000729. The highest BCUT2D eigenvalue weighted by atomic mass is 35.5. The first-order valence-corrected chi connectivity index (χ1v) is 38.0. The van der Waals surface area contributed by atoms with Crippen molar-refractivity contribution in [2.45, 2.75) is 169 Å². The predicted molar refractivity (Wildman–Crippen MR) is 412 cm³/mol. The van der Waals surface area contributed by atoms with Gasteiger partial charge in [-0.25, -0.2) is 0 Å². The molecule has 0 spiro atoms. The maximum Gasteiger partial charge on any atom is 0.394 e. The second-order valence-electron chi connectivity index (χ2n) is 28.2. The van der Waals surface area contributed by atoms with Crippen LogP contribution in [0.5, 0.6) is 5.75 Å². The van der Waals surface area contributed by atoms with Gasteiger partial charge in [0.25, 0.3) is 5.91 Å². The molecule has 116 heavy (non-hydrogen) atoms. The number of phenols is 1. The first kappa shape index (κ1) is 100. The number of aliphatic hydroxyl groups excluding tert-OH is 5. The molecule has 10 unspecified atom stereocenters. The van der Waals surface area contributed by atoms with E-state index in [0.29, 0.717) is 5.56 Å². The van der Waals surface area contributed by atoms with Crippen LogP contribution in [0, 0.1) is 17.8 Å². The summed E-state index contributed by atoms with van der Waals surface area (Å²) in [6, 6.07) is -2.98. The number of fused-ring (bicyclic) bond motifs is 3. The summed E-state index contributed by atoms with van der Waals surface area (Å²) in [4.78, 5) is 190. The van der Waals surface area contributed by atoms with Crippen LogP contribution < -0.4 is 92.9 Å². The number of primary amides is 1. The summed E-state index contributed by atoms with van der Waals surface area (Å²) in [6.45, 7) is 2.58. The van der Waals surface area contributed by atoms with E-state index in [1.807, 2.05) is 0 Å². The molecule has 1 saturated carbocycles. The van der Waals surface area contributed by atoms with Gasteiger partial charge in [0.1, 0.15) is 83.3 Å². The summed E-state index contributed by atoms with van der Waals surface area (Å²) in [5.41, 5.74) is 27.8. The number of hydrogen-bond acceptors (Lipinski definition) is 30. The molecule has 33 N–H and O–H groups in total. The fourth-order valence-electron chi connectivity index (χ4n) is 13.6. The number of ketones is 2. The Kier molecular flexibility index (Phi) is 39.8. The van der Waals surface area contributed by atoms with Gasteiger partial charge in [0.05, 0.1) is 40.7 Å². The maximum atomic E-state index is 14.4. The molecule has 0 radical (unpaired) electrons. The standard InChI is InChI=1S/C48H82N16O13.C22H24N2O9.ClH.H2O4S/c1-27(2)24-37-47(76)59-32(11-19-52)41(70)56-31(10-18-51)43(72)61-35(14-22-65)39(68)54-21-13-34(45(74)57-33(12-20-53)44(73)64-38(48(77)63-37)25-28-6-4-3-5-7-28)60-42(71)30(9-17-50)58-46(75)36(15-23-66)62-40(69)29(8-16-49)55-26-67;1-21(32)7-5-4-6-8(25)9(7)15(26)10-12(21)17(28)13-14(24(2)3)16(27)11(20(23)31)19(30)22(13,33)18(10)29;;1-5(2,3)4/h3-7,26-27,29-38,65-66H,8-25,49-53H2,1-2H3,(H,54,68)(H,55,67)(H,56,70)(H,57,74)(H,58,75)(H,59,76)(H,60,71)(H,61,72)(H,62,69)(H,63,77)(H,64,73);4-6,12-14,17,25-26,28,30,32-33H,1-3H3,(H2,23,31);1H;(H2,1,2,3,4)/t;12-,13-,14+,17+,21+,22+;;/m.1../s1. The van der Waals surface area contributed by atoms with E-state index in [0.717, 1.165) is 0 Å². The van der Waals surface area contributed by atoms with E-state index in [9.17, 15) is 108 Å². The van der Waals surface area contributed by atoms with Crippen LogP contribution in [0.2, 0.25) is 0 Å². The zero-order valence-electron chi connectivity index (χ0n) is 64.3. The molecular formula is C70H109ClN18O26S. The molecule has 46 heteroatoms. The number of amides is 12. The highest BCUT2D eigenvalue weighted by Gasteiger charge is 2.70. The Bertz CT molecular complexity index is 4000. The van der Waals surface area contributed by atoms with E-state index in [1.54, 1.807) is 44.2 Å². The zero-order chi connectivity index (χ0) is 86.7. The van der Waals surface area contributed by atoms with Gasteiger partial charge in [0, 0.05) is 26.2 Å². The van der Waals surface area contributed by atoms with Crippen molar-refractivity contribution in [3.8, 4) is 5.75 Å². The van der Waals surface area contributed by atoms with Crippen molar-refractivity contribution < 1.29 is 125 Å². The fraction of sp³-hybridized carbons (Fsp3) is 0.571. The lowest BCUT2D eigenvalue weighted by Crippen LogP contribution is -2.71. The number of nitrogens with one attached hydrogen (secondary N) is 11. The van der Waals surface area contributed by atoms with Crippen molar-refractivity contribution >= 4 is 112 Å². The minimum absolute atomic E-state index is 0. The number of phenolic OH excluding ortho intramolecular Hbond substituents is 1. The highest BCUT2D eigenvalue weighted by molar-refractivity contribution is 7.79. The van der Waals surface area contributed by atoms with Crippen LogP contribution in [0.1, 0.15) is 95.2 Å². The van der Waals surface area contributed by atoms with Crippen molar-refractivity contribution in [2.24, 2.45) is 52.2 Å². The number of benzene rings is 2. The Hall–Kier alpha value is -9.98. The molecule has 6 rings (SSSR count). The molecule has 0 bridgehead atoms. The number of aliphatic hydroxyl groups is 7. The monoisotopic (exact) mass is 1680 g/mol. The summed E-state index contributed by atoms with van der Waals surface area (Å²) in [5.74, 6) is -18.8. The molecule has 1 heterocycles. The minimum Gasteiger partial charge on any atom is -0.508 e. The number of rotatable bonds is 28. The van der Waals surface area contributed by atoms with E-state index in [2.05, 4.69) is 58.5 Å². The quantitative estimate of drug-likeness (QED) is 0.0214. The van der Waals surface area contributed by atoms with Gasteiger partial charge in [-0.3, -0.25) is 81.1 Å². The lowest BCUT2D eigenvalue weighted by Gasteiger charge is -2.55. The van der Waals surface area contributed by atoms with Gasteiger partial charge in [-0.1, -0.05) is 56.3 Å². The van der Waals surface area contributed by atoms with Gasteiger partial charge in [-0.2, -0.15) is 8.42 Å². The highest BCUT2D eigenvalue weighted by Crippen LogP contribution is 2.57. The second kappa shape index (κ2) is 46.1. The Labute approximate surface area is 673 Å². The normalized spacial score (nSPS) is 25.8. The average Bonchev–Trinajstić information content (AvgIpc) is 0.681. The van der Waals surface area contributed by atoms with Crippen LogP contribution in [0.15, 0.2) is 65.4 Å². The number of carbonyl (C=O) groups is 14. The lowest BCUT2D eigenvalue weighted by molar-refractivity contribution is -0.181. The predicted octanol–water partition coefficient (Wildman–Crippen LogP) is -9.85. The van der Waals surface area contributed by atoms with E-state index in [1.165, 1.54) is 44.1 Å². The number of carbonyl (C=O) groups excluding carboxylic acids is 14. The minimum atomic E-state index is -4.67. The number of likely N-dealkylation sites (N-methyl/N-ethyl adjacent to an activating group) is 1. The van der Waals surface area contributed by atoms with E-state index in [-0.39, 0.29) is 126 Å². The fourth-order valence-corrected chi connectivity index (χ4v) is 13.6. The average molecular weight is 1690 g/mol. The van der Waals surface area contributed by atoms with Gasteiger partial charge in [-0.15, -0.1) is 12.4 Å². The number of aromatic hydroxyl groups is 1. The van der Waals surface area contributed by atoms with Crippen LogP contribution in [0.3, 0.4) is 0 Å². The Morgan fingerprint density at radius 1 is 0.629 bits per heavy atom. The molecule has 2 aromatic carbocycles. The molecule has 3 aliphatic carbocycles. The second-order valence-corrected chi connectivity index (χ2v) is 29.1. The molecule has 16 atom stereocenters. The molecule has 44 nitrogen and oxygen atoms in total. The summed E-state index contributed by atoms with van der Waals surface area (Å²) in [5, 5.41) is 114. The summed E-state index contributed by atoms with van der Waals surface area (Å²) >= 11 is 0. The van der Waals surface area contributed by atoms with E-state index >= 15 is 0 Å². The Morgan fingerprint density at radius 2 is 1.09 bits per heavy atom. The zero-order valence-corrected chi connectivity index (χ0v) is 65.9. The number of hydrogen-bond donors (Lipinski definition) is 27. The van der Waals surface area contributed by atoms with Crippen LogP contribution >= 0.6 is 12.4 Å². The molecule has 1 saturated heterocycles. The van der Waals surface area contributed by atoms with Crippen LogP contribution in [-0.4, -0.2) is 291 Å². The van der Waals surface area contributed by atoms with Gasteiger partial charge in [0.15, 0.2) is 11.4 Å². The molecule has 648 valence electrons. The Morgan fingerprint density at radius 3 is 1.57 bits per heavy atom. The summed E-state index contributed by atoms with van der Waals surface area (Å²) < 4.78 is 31.6. The number of halogens is 1. The van der Waals surface area contributed by atoms with Crippen molar-refractivity contribution in [3.05, 3.63) is 82.1 Å². The van der Waals surface area contributed by atoms with Gasteiger partial charge in [0.2, 0.25) is 71.3 Å². The smallest absolute Gasteiger partial charge is 0.394 e. The molecule has 4 aliphatic rings. The largest absolute Gasteiger partial charge is 0.508 e. The van der Waals surface area contributed by atoms with Crippen molar-refractivity contribution in [1.29, 1.82) is 0 Å². The third-order valence-corrected chi connectivity index (χ3v) is 19.2. The first-order chi connectivity index (χ1) is 54.0. The van der Waals surface area contributed by atoms with Gasteiger partial charge >= 0.3 is 10.4 Å². The van der Waals surface area contributed by atoms with Gasteiger partial charge < -0.3 is 134 Å². The third-order valence-electron chi connectivity index (χ3n) is 19.2. The number of nitrogens with two attached hydrogens (primary N) is 6. The molecular weight excluding hydrogens is 1580 g/mol. The summed E-state index contributed by atoms with van der Waals surface area (Å²) in [6.07, 6.45) is -3.48. The first-order valence-electron chi connectivity index (χ1n) is 36.6. The van der Waals surface area contributed by atoms with E-state index in [4.69, 9.17) is 51.9 Å². The third kappa shape index (κ3) is 26.5. The SMILES string of the molecule is CC(C)CC1NC(=O)C(Cc2ccccc2)NC(=O)C(CCN)NC(=O)C(NC(=O)C(CCN)NC(=O)C(CCO)NC(=O)C(CCN)NC=O)CCNC(=O)C(CCO)NC(=O)C(CCN)NC(=O)C(CCN)NC1=O.CN(C)[C@@H]1C(=O)C(C(N)=O)=C(O)[C@@]2(O)C(=O)C3=C(O)c4c(O)cccc4[C@](C)(O)[C@H]3[C@H](O)[C@@H]12.Cl.O=S(=O)(O)O. The molecule has 2 aromatic rings. The summed E-state index contributed by atoms with van der Waals surface area (Å²) in [7, 11) is -1.87. The van der Waals surface area contributed by atoms with Crippen molar-refractivity contribution in [2.75, 3.05) is 66.6 Å². The van der Waals surface area contributed by atoms with Crippen molar-refractivity contribution in [3.63, 3.8) is 0 Å². The molecule has 12 amide bonds. The van der Waals surface area contributed by atoms with E-state index < -0.39 is 237 Å². The molecule has 0 aromatic heterocycles. The maximum absolute atomic E-state index is 14.4. The topological polar surface area (TPSA) is 767 Å². The van der Waals surface area contributed by atoms with Crippen LogP contribution in [0.4, 0.5) is 0 Å². The van der Waals surface area contributed by atoms with Gasteiger partial charge in [-0.05, 0) is 135 Å². The molecule has 2 fully saturated rings. The van der Waals surface area contributed by atoms with Crippen molar-refractivity contribution in [1.82, 2.24) is 63.4 Å². The number of nitrogens with zero attached hydrogens (tertiary/aromatic N) is 1. The number of Topliss-reactive ketones (excluding diaryl/α,β-unsaturated/α-hetero) is 2. The molecule has 1 aliphatic heterocycles. The van der Waals surface area contributed by atoms with Crippen LogP contribution in [-0.2, 0) is 89.5 Å².